The zero-order chi connectivity index (χ0) is 20.6. The first-order chi connectivity index (χ1) is 14.1. The SMILES string of the molecule is CCOc1cc(OCC)cc(C(=O)Nc2ccc(NC(=O)c3cccs3)cc2)c1. The van der Waals surface area contributed by atoms with Crippen LogP contribution >= 0.6 is 11.3 Å². The summed E-state index contributed by atoms with van der Waals surface area (Å²) in [4.78, 5) is 25.4. The molecule has 1 aromatic heterocycles. The molecule has 0 aliphatic rings. The number of benzene rings is 2. The van der Waals surface area contributed by atoms with Gasteiger partial charge in [-0.25, -0.2) is 0 Å². The molecule has 7 heteroatoms. The average Bonchev–Trinajstić information content (AvgIpc) is 3.25. The third kappa shape index (κ3) is 5.58. The van der Waals surface area contributed by atoms with Crippen LogP contribution in [0.25, 0.3) is 0 Å². The number of hydrogen-bond acceptors (Lipinski definition) is 5. The smallest absolute Gasteiger partial charge is 0.265 e. The van der Waals surface area contributed by atoms with Gasteiger partial charge in [0.25, 0.3) is 11.8 Å². The molecule has 2 aromatic carbocycles. The molecular formula is C22H22N2O4S. The number of amides is 2. The van der Waals surface area contributed by atoms with Crippen molar-refractivity contribution in [2.75, 3.05) is 23.8 Å². The van der Waals surface area contributed by atoms with Gasteiger partial charge in [0.2, 0.25) is 0 Å². The molecule has 1 heterocycles. The molecule has 3 aromatic rings. The Hall–Kier alpha value is -3.32. The second-order valence-corrected chi connectivity index (χ2v) is 6.97. The second kappa shape index (κ2) is 9.75. The molecule has 2 N–H and O–H groups in total. The molecule has 3 rings (SSSR count). The highest BCUT2D eigenvalue weighted by molar-refractivity contribution is 7.12. The van der Waals surface area contributed by atoms with Gasteiger partial charge in [0, 0.05) is 23.0 Å². The number of ether oxygens (including phenoxy) is 2. The molecule has 0 atom stereocenters. The minimum absolute atomic E-state index is 0.159. The zero-order valence-electron chi connectivity index (χ0n) is 16.2. The van der Waals surface area contributed by atoms with Crippen molar-refractivity contribution in [1.29, 1.82) is 0 Å². The molecule has 0 saturated carbocycles. The van der Waals surface area contributed by atoms with Crippen LogP contribution in [-0.4, -0.2) is 25.0 Å². The van der Waals surface area contributed by atoms with Crippen molar-refractivity contribution >= 4 is 34.5 Å². The largest absolute Gasteiger partial charge is 0.494 e. The molecule has 0 saturated heterocycles. The van der Waals surface area contributed by atoms with Crippen LogP contribution in [0.5, 0.6) is 11.5 Å². The van der Waals surface area contributed by atoms with Gasteiger partial charge in [0.05, 0.1) is 18.1 Å². The lowest BCUT2D eigenvalue weighted by Crippen LogP contribution is -2.13. The molecule has 0 fully saturated rings. The van der Waals surface area contributed by atoms with Gasteiger partial charge in [-0.3, -0.25) is 9.59 Å². The van der Waals surface area contributed by atoms with E-state index in [0.29, 0.717) is 46.5 Å². The van der Waals surface area contributed by atoms with E-state index in [1.165, 1.54) is 11.3 Å². The summed E-state index contributed by atoms with van der Waals surface area (Å²) >= 11 is 1.38. The number of thiophene rings is 1. The monoisotopic (exact) mass is 410 g/mol. The van der Waals surface area contributed by atoms with Crippen LogP contribution < -0.4 is 20.1 Å². The van der Waals surface area contributed by atoms with Crippen molar-refractivity contribution in [3.8, 4) is 11.5 Å². The zero-order valence-corrected chi connectivity index (χ0v) is 17.0. The standard InChI is InChI=1S/C22H22N2O4S/c1-3-27-18-12-15(13-19(14-18)28-4-2)21(25)23-16-7-9-17(10-8-16)24-22(26)20-6-5-11-29-20/h5-14H,3-4H2,1-2H3,(H,23,25)(H,24,26). The number of rotatable bonds is 8. The van der Waals surface area contributed by atoms with Crippen LogP contribution in [0.15, 0.2) is 60.0 Å². The van der Waals surface area contributed by atoms with Gasteiger partial charge >= 0.3 is 0 Å². The van der Waals surface area contributed by atoms with Crippen molar-refractivity contribution in [3.63, 3.8) is 0 Å². The van der Waals surface area contributed by atoms with E-state index in [2.05, 4.69) is 10.6 Å². The number of nitrogens with one attached hydrogen (secondary N) is 2. The van der Waals surface area contributed by atoms with Crippen molar-refractivity contribution in [2.24, 2.45) is 0 Å². The molecule has 0 aliphatic carbocycles. The summed E-state index contributed by atoms with van der Waals surface area (Å²) in [5.41, 5.74) is 1.71. The van der Waals surface area contributed by atoms with Crippen molar-refractivity contribution in [2.45, 2.75) is 13.8 Å². The number of carbonyl (C=O) groups is 2. The van der Waals surface area contributed by atoms with Gasteiger partial charge in [-0.15, -0.1) is 11.3 Å². The quantitative estimate of drug-likeness (QED) is 0.545. The first kappa shape index (κ1) is 20.4. The van der Waals surface area contributed by atoms with E-state index in [1.54, 1.807) is 48.5 Å². The maximum absolute atomic E-state index is 12.7. The molecule has 29 heavy (non-hydrogen) atoms. The Labute approximate surface area is 173 Å². The summed E-state index contributed by atoms with van der Waals surface area (Å²) in [7, 11) is 0. The number of carbonyl (C=O) groups excluding carboxylic acids is 2. The fourth-order valence-electron chi connectivity index (χ4n) is 2.64. The summed E-state index contributed by atoms with van der Waals surface area (Å²) < 4.78 is 11.0. The highest BCUT2D eigenvalue weighted by atomic mass is 32.1. The molecule has 0 radical (unpaired) electrons. The van der Waals surface area contributed by atoms with Gasteiger partial charge in [0.1, 0.15) is 11.5 Å². The Bertz CT molecular complexity index is 945. The van der Waals surface area contributed by atoms with Gasteiger partial charge in [-0.1, -0.05) is 6.07 Å². The van der Waals surface area contributed by atoms with E-state index in [9.17, 15) is 9.59 Å². The van der Waals surface area contributed by atoms with Crippen molar-refractivity contribution in [3.05, 3.63) is 70.4 Å². The second-order valence-electron chi connectivity index (χ2n) is 6.02. The number of hydrogen-bond donors (Lipinski definition) is 2. The average molecular weight is 410 g/mol. The van der Waals surface area contributed by atoms with Gasteiger partial charge < -0.3 is 20.1 Å². The van der Waals surface area contributed by atoms with E-state index < -0.39 is 0 Å². The lowest BCUT2D eigenvalue weighted by atomic mass is 10.1. The Morgan fingerprint density at radius 3 is 1.86 bits per heavy atom. The molecular weight excluding hydrogens is 388 g/mol. The lowest BCUT2D eigenvalue weighted by Gasteiger charge is -2.11. The third-order valence-electron chi connectivity index (χ3n) is 3.91. The van der Waals surface area contributed by atoms with Gasteiger partial charge in [-0.05, 0) is 61.7 Å². The normalized spacial score (nSPS) is 10.3. The van der Waals surface area contributed by atoms with E-state index in [4.69, 9.17) is 9.47 Å². The van der Waals surface area contributed by atoms with Crippen LogP contribution in [0.1, 0.15) is 33.9 Å². The summed E-state index contributed by atoms with van der Waals surface area (Å²) in [5.74, 6) is 0.723. The van der Waals surface area contributed by atoms with E-state index in [1.807, 2.05) is 25.3 Å². The first-order valence-corrected chi connectivity index (χ1v) is 10.1. The van der Waals surface area contributed by atoms with Crippen molar-refractivity contribution < 1.29 is 19.1 Å². The fraction of sp³-hybridized carbons (Fsp3) is 0.182. The molecule has 0 aliphatic heterocycles. The van der Waals surface area contributed by atoms with E-state index >= 15 is 0 Å². The van der Waals surface area contributed by atoms with Crippen LogP contribution in [0.4, 0.5) is 11.4 Å². The maximum atomic E-state index is 12.7. The minimum atomic E-state index is -0.275. The summed E-state index contributed by atoms with van der Waals surface area (Å²) in [6.07, 6.45) is 0. The van der Waals surface area contributed by atoms with Crippen LogP contribution in [0, 0.1) is 0 Å². The maximum Gasteiger partial charge on any atom is 0.265 e. The van der Waals surface area contributed by atoms with Crippen LogP contribution in [0.2, 0.25) is 0 Å². The third-order valence-corrected chi connectivity index (χ3v) is 4.78. The molecule has 6 nitrogen and oxygen atoms in total. The number of anilines is 2. The van der Waals surface area contributed by atoms with Gasteiger partial charge in [0.15, 0.2) is 0 Å². The first-order valence-electron chi connectivity index (χ1n) is 9.26. The highest BCUT2D eigenvalue weighted by Crippen LogP contribution is 2.24. The Morgan fingerprint density at radius 1 is 0.828 bits per heavy atom. The summed E-state index contributed by atoms with van der Waals surface area (Å²) in [6.45, 7) is 4.75. The minimum Gasteiger partial charge on any atom is -0.494 e. The topological polar surface area (TPSA) is 76.7 Å². The lowest BCUT2D eigenvalue weighted by molar-refractivity contribution is 0.101. The fourth-order valence-corrected chi connectivity index (χ4v) is 3.26. The summed E-state index contributed by atoms with van der Waals surface area (Å²) in [5, 5.41) is 7.52. The van der Waals surface area contributed by atoms with Crippen molar-refractivity contribution in [1.82, 2.24) is 0 Å². The van der Waals surface area contributed by atoms with Crippen LogP contribution in [0.3, 0.4) is 0 Å². The summed E-state index contributed by atoms with van der Waals surface area (Å²) in [6, 6.07) is 15.7. The van der Waals surface area contributed by atoms with E-state index in [-0.39, 0.29) is 11.8 Å². The Morgan fingerprint density at radius 2 is 1.38 bits per heavy atom. The Kier molecular flexibility index (Phi) is 6.86. The molecule has 0 spiro atoms. The van der Waals surface area contributed by atoms with E-state index in [0.717, 1.165) is 0 Å². The molecule has 0 bridgehead atoms. The Balaban J connectivity index is 1.68. The van der Waals surface area contributed by atoms with Gasteiger partial charge in [-0.2, -0.15) is 0 Å². The predicted molar refractivity (Wildman–Crippen MR) is 115 cm³/mol. The molecule has 150 valence electrons. The van der Waals surface area contributed by atoms with Crippen LogP contribution in [-0.2, 0) is 0 Å². The molecule has 2 amide bonds. The highest BCUT2D eigenvalue weighted by Gasteiger charge is 2.11. The predicted octanol–water partition coefficient (Wildman–Crippen LogP) is 5.05. The molecule has 0 unspecified atom stereocenters.